The van der Waals surface area contributed by atoms with E-state index in [2.05, 4.69) is 26.2 Å². The number of aryl methyl sites for hydroxylation is 1. The molecule has 4 nitrogen and oxygen atoms in total. The summed E-state index contributed by atoms with van der Waals surface area (Å²) in [6.45, 7) is 4.04. The normalized spacial score (nSPS) is 12.3. The quantitative estimate of drug-likeness (QED) is 0.795. The van der Waals surface area contributed by atoms with Crippen molar-refractivity contribution in [1.29, 1.82) is 0 Å². The predicted octanol–water partition coefficient (Wildman–Crippen LogP) is 3.49. The molecule has 0 bridgehead atoms. The van der Waals surface area contributed by atoms with Crippen molar-refractivity contribution in [3.05, 3.63) is 63.9 Å². The second-order valence-electron chi connectivity index (χ2n) is 5.20. The minimum Gasteiger partial charge on any atom is -0.350 e. The summed E-state index contributed by atoms with van der Waals surface area (Å²) in [4.78, 5) is 16.5. The summed E-state index contributed by atoms with van der Waals surface area (Å²) in [5.74, 6) is -0.217. The van der Waals surface area contributed by atoms with Gasteiger partial charge in [-0.15, -0.1) is 24.8 Å². The summed E-state index contributed by atoms with van der Waals surface area (Å²) in [6, 6.07) is 11.3. The van der Waals surface area contributed by atoms with Crippen LogP contribution in [0.1, 0.15) is 23.7 Å². The molecule has 2 rings (SSSR count). The fourth-order valence-electron chi connectivity index (χ4n) is 1.90. The van der Waals surface area contributed by atoms with Crippen molar-refractivity contribution in [2.45, 2.75) is 25.9 Å². The molecule has 1 heterocycles. The van der Waals surface area contributed by atoms with Crippen molar-refractivity contribution < 1.29 is 4.79 Å². The highest BCUT2D eigenvalue weighted by Gasteiger charge is 2.30. The van der Waals surface area contributed by atoms with Crippen LogP contribution >= 0.6 is 40.7 Å². The van der Waals surface area contributed by atoms with E-state index in [1.165, 1.54) is 0 Å². The van der Waals surface area contributed by atoms with Crippen molar-refractivity contribution >= 4 is 46.7 Å². The number of carbonyl (C=O) groups is 1. The molecule has 23 heavy (non-hydrogen) atoms. The first-order valence-electron chi connectivity index (χ1n) is 6.64. The highest BCUT2D eigenvalue weighted by molar-refractivity contribution is 9.10. The molecule has 0 saturated heterocycles. The summed E-state index contributed by atoms with van der Waals surface area (Å²) >= 11 is 3.37. The Bertz CT molecular complexity index is 631. The van der Waals surface area contributed by atoms with E-state index in [0.29, 0.717) is 6.54 Å². The molecule has 7 heteroatoms. The van der Waals surface area contributed by atoms with Crippen molar-refractivity contribution in [2.24, 2.45) is 5.73 Å². The smallest absolute Gasteiger partial charge is 0.244 e. The van der Waals surface area contributed by atoms with E-state index >= 15 is 0 Å². The highest BCUT2D eigenvalue weighted by atomic mass is 79.9. The van der Waals surface area contributed by atoms with Gasteiger partial charge in [-0.2, -0.15) is 0 Å². The molecule has 0 radical (unpaired) electrons. The summed E-state index contributed by atoms with van der Waals surface area (Å²) in [7, 11) is 0. The number of nitrogens with one attached hydrogen (secondary N) is 1. The van der Waals surface area contributed by atoms with Gasteiger partial charge in [0.2, 0.25) is 5.91 Å². The van der Waals surface area contributed by atoms with Crippen LogP contribution in [-0.4, -0.2) is 10.9 Å². The van der Waals surface area contributed by atoms with E-state index in [9.17, 15) is 4.79 Å². The molecule has 1 aromatic heterocycles. The highest BCUT2D eigenvalue weighted by Crippen LogP contribution is 2.20. The maximum absolute atomic E-state index is 12.3. The lowest BCUT2D eigenvalue weighted by Crippen LogP contribution is -2.48. The Morgan fingerprint density at radius 1 is 1.22 bits per heavy atom. The first-order chi connectivity index (χ1) is 9.89. The number of halogens is 3. The lowest BCUT2D eigenvalue weighted by Gasteiger charge is -2.24. The van der Waals surface area contributed by atoms with Gasteiger partial charge < -0.3 is 11.1 Å². The first kappa shape index (κ1) is 21.9. The maximum atomic E-state index is 12.3. The van der Waals surface area contributed by atoms with E-state index in [1.807, 2.05) is 43.3 Å². The van der Waals surface area contributed by atoms with Crippen LogP contribution in [0.4, 0.5) is 0 Å². The molecule has 0 aliphatic carbocycles. The lowest BCUT2D eigenvalue weighted by atomic mass is 9.92. The van der Waals surface area contributed by atoms with Crippen molar-refractivity contribution in [3.8, 4) is 0 Å². The number of pyridine rings is 1. The molecule has 0 aliphatic heterocycles. The van der Waals surface area contributed by atoms with Crippen LogP contribution < -0.4 is 11.1 Å². The molecule has 0 aliphatic rings. The molecular formula is C16H20BrCl2N3O. The number of hydrogen-bond donors (Lipinski definition) is 2. The van der Waals surface area contributed by atoms with Gasteiger partial charge in [0.05, 0.1) is 0 Å². The largest absolute Gasteiger partial charge is 0.350 e. The first-order valence-corrected chi connectivity index (χ1v) is 7.43. The summed E-state index contributed by atoms with van der Waals surface area (Å²) < 4.78 is 0.952. The van der Waals surface area contributed by atoms with Gasteiger partial charge in [-0.1, -0.05) is 34.1 Å². The number of nitrogens with zero attached hydrogens (tertiary/aromatic N) is 1. The number of nitrogens with two attached hydrogens (primary N) is 1. The Hall–Kier alpha value is -1.14. The minimum atomic E-state index is -1.07. The van der Waals surface area contributed by atoms with Crippen LogP contribution in [0, 0.1) is 6.92 Å². The second-order valence-corrected chi connectivity index (χ2v) is 6.12. The monoisotopic (exact) mass is 419 g/mol. The molecule has 2 aromatic rings. The van der Waals surface area contributed by atoms with Crippen molar-refractivity contribution in [2.75, 3.05) is 0 Å². The average Bonchev–Trinajstić information content (AvgIpc) is 2.46. The second kappa shape index (κ2) is 9.23. The number of aromatic nitrogens is 1. The van der Waals surface area contributed by atoms with Gasteiger partial charge in [0.1, 0.15) is 5.54 Å². The molecule has 0 spiro atoms. The fraction of sp³-hybridized carbons (Fsp3) is 0.250. The minimum absolute atomic E-state index is 0. The van der Waals surface area contributed by atoms with E-state index in [0.717, 1.165) is 21.3 Å². The van der Waals surface area contributed by atoms with E-state index in [4.69, 9.17) is 5.73 Å². The van der Waals surface area contributed by atoms with Crippen LogP contribution in [0.3, 0.4) is 0 Å². The molecular weight excluding hydrogens is 401 g/mol. The third-order valence-electron chi connectivity index (χ3n) is 3.34. The van der Waals surface area contributed by atoms with Crippen molar-refractivity contribution in [3.63, 3.8) is 0 Å². The number of amides is 1. The van der Waals surface area contributed by atoms with Gasteiger partial charge in [0.15, 0.2) is 0 Å². The fourth-order valence-corrected chi connectivity index (χ4v) is 2.16. The van der Waals surface area contributed by atoms with Crippen LogP contribution in [0.2, 0.25) is 0 Å². The average molecular weight is 421 g/mol. The Kier molecular flexibility index (Phi) is 8.77. The van der Waals surface area contributed by atoms with Crippen LogP contribution in [0.5, 0.6) is 0 Å². The predicted molar refractivity (Wildman–Crippen MR) is 101 cm³/mol. The molecule has 1 aromatic carbocycles. The summed E-state index contributed by atoms with van der Waals surface area (Å²) in [6.07, 6.45) is 1.75. The van der Waals surface area contributed by atoms with E-state index < -0.39 is 5.54 Å². The molecule has 0 saturated carbocycles. The molecule has 0 fully saturated rings. The van der Waals surface area contributed by atoms with Gasteiger partial charge in [0.25, 0.3) is 0 Å². The lowest BCUT2D eigenvalue weighted by molar-refractivity contribution is -0.126. The summed E-state index contributed by atoms with van der Waals surface area (Å²) in [5, 5.41) is 2.86. The maximum Gasteiger partial charge on any atom is 0.244 e. The van der Waals surface area contributed by atoms with Gasteiger partial charge in [-0.25, -0.2) is 0 Å². The Labute approximate surface area is 157 Å². The van der Waals surface area contributed by atoms with Crippen LogP contribution in [-0.2, 0) is 16.9 Å². The van der Waals surface area contributed by atoms with E-state index in [1.54, 1.807) is 13.1 Å². The number of rotatable bonds is 4. The molecule has 1 unspecified atom stereocenters. The Morgan fingerprint density at radius 3 is 2.35 bits per heavy atom. The molecule has 1 amide bonds. The molecule has 1 atom stereocenters. The zero-order valence-corrected chi connectivity index (χ0v) is 16.1. The van der Waals surface area contributed by atoms with Crippen LogP contribution in [0.15, 0.2) is 47.1 Å². The number of hydrogen-bond acceptors (Lipinski definition) is 3. The molecule has 3 N–H and O–H groups in total. The molecule has 126 valence electrons. The third kappa shape index (κ3) is 5.77. The number of carbonyl (C=O) groups excluding carboxylic acids is 1. The Balaban J connectivity index is 0.00000242. The summed E-state index contributed by atoms with van der Waals surface area (Å²) in [5.41, 5.74) is 7.77. The van der Waals surface area contributed by atoms with Gasteiger partial charge >= 0.3 is 0 Å². The van der Waals surface area contributed by atoms with Gasteiger partial charge in [-0.05, 0) is 43.2 Å². The standard InChI is InChI=1S/C16H18BrN3O.2ClH/c1-11-3-4-12(9-19-11)10-20-15(21)16(2,18)13-5-7-14(17)8-6-13;;/h3-9H,10,18H2,1-2H3,(H,20,21);2*1H. The third-order valence-corrected chi connectivity index (χ3v) is 3.87. The number of benzene rings is 1. The SMILES string of the molecule is Cc1ccc(CNC(=O)C(C)(N)c2ccc(Br)cc2)cn1.Cl.Cl. The Morgan fingerprint density at radius 2 is 1.83 bits per heavy atom. The topological polar surface area (TPSA) is 68.0 Å². The van der Waals surface area contributed by atoms with Gasteiger partial charge in [0, 0.05) is 22.9 Å². The zero-order chi connectivity index (χ0) is 15.5. The van der Waals surface area contributed by atoms with Gasteiger partial charge in [-0.3, -0.25) is 9.78 Å². The van der Waals surface area contributed by atoms with Crippen molar-refractivity contribution in [1.82, 2.24) is 10.3 Å². The van der Waals surface area contributed by atoms with E-state index in [-0.39, 0.29) is 30.7 Å². The zero-order valence-electron chi connectivity index (χ0n) is 12.9. The van der Waals surface area contributed by atoms with Crippen LogP contribution in [0.25, 0.3) is 0 Å².